The van der Waals surface area contributed by atoms with Crippen molar-refractivity contribution >= 4 is 43.5 Å². The van der Waals surface area contributed by atoms with Gasteiger partial charge in [-0.25, -0.2) is 4.39 Å². The maximum atomic E-state index is 14.2. The average Bonchev–Trinajstić information content (AvgIpc) is 2.49. The van der Waals surface area contributed by atoms with Gasteiger partial charge < -0.3 is 9.47 Å². The van der Waals surface area contributed by atoms with Gasteiger partial charge in [-0.3, -0.25) is 0 Å². The van der Waals surface area contributed by atoms with Crippen LogP contribution in [-0.2, 0) is 0 Å². The molecule has 0 aliphatic rings. The quantitative estimate of drug-likeness (QED) is 0.567. The number of ether oxygens (including phenoxy) is 2. The number of halogens is 4. The summed E-state index contributed by atoms with van der Waals surface area (Å²) in [5, 5.41) is 0.0866. The lowest BCUT2D eigenvalue weighted by Gasteiger charge is -2.18. The Kier molecular flexibility index (Phi) is 5.52. The van der Waals surface area contributed by atoms with Crippen LogP contribution in [0, 0.1) is 5.82 Å². The lowest BCUT2D eigenvalue weighted by atomic mass is 10.0. The third-order valence-corrected chi connectivity index (χ3v) is 5.07. The fraction of sp³-hybridized carbons (Fsp3) is 0.200. The Morgan fingerprint density at radius 2 is 1.81 bits per heavy atom. The van der Waals surface area contributed by atoms with E-state index in [2.05, 4.69) is 31.9 Å². The molecule has 0 amide bonds. The Hall–Kier alpha value is -0.780. The van der Waals surface area contributed by atoms with E-state index in [4.69, 9.17) is 21.1 Å². The van der Waals surface area contributed by atoms with Crippen molar-refractivity contribution in [2.75, 3.05) is 14.2 Å². The second kappa shape index (κ2) is 6.99. The van der Waals surface area contributed by atoms with Crippen LogP contribution >= 0.6 is 43.5 Å². The molecule has 0 aromatic heterocycles. The summed E-state index contributed by atoms with van der Waals surface area (Å²) in [7, 11) is 3.12. The first-order chi connectivity index (χ1) is 10.0. The van der Waals surface area contributed by atoms with Crippen LogP contribution < -0.4 is 9.47 Å². The highest BCUT2D eigenvalue weighted by Crippen LogP contribution is 2.45. The van der Waals surface area contributed by atoms with Crippen LogP contribution in [0.4, 0.5) is 4.39 Å². The number of hydrogen-bond acceptors (Lipinski definition) is 2. The molecule has 2 nitrogen and oxygen atoms in total. The normalized spacial score (nSPS) is 12.1. The monoisotopic (exact) mass is 436 g/mol. The Bertz CT molecular complexity index is 664. The van der Waals surface area contributed by atoms with Gasteiger partial charge in [-0.05, 0) is 28.1 Å². The molecule has 1 atom stereocenters. The van der Waals surface area contributed by atoms with Crippen molar-refractivity contribution < 1.29 is 13.9 Å². The molecular formula is C15H12Br2ClFO2. The minimum Gasteiger partial charge on any atom is -0.495 e. The smallest absolute Gasteiger partial charge is 0.146 e. The zero-order valence-electron chi connectivity index (χ0n) is 11.3. The van der Waals surface area contributed by atoms with E-state index in [9.17, 15) is 4.39 Å². The van der Waals surface area contributed by atoms with Gasteiger partial charge in [0.2, 0.25) is 0 Å². The van der Waals surface area contributed by atoms with Crippen molar-refractivity contribution in [3.63, 3.8) is 0 Å². The predicted octanol–water partition coefficient (Wildman–Crippen LogP) is 5.74. The topological polar surface area (TPSA) is 18.5 Å². The van der Waals surface area contributed by atoms with Gasteiger partial charge in [-0.2, -0.15) is 0 Å². The molecule has 0 N–H and O–H groups in total. The minimum absolute atomic E-state index is 0.0866. The van der Waals surface area contributed by atoms with E-state index < -0.39 is 10.6 Å². The number of hydrogen-bond donors (Lipinski definition) is 0. The molecule has 0 spiro atoms. The molecule has 0 aliphatic carbocycles. The van der Waals surface area contributed by atoms with E-state index in [-0.39, 0.29) is 5.02 Å². The molecule has 21 heavy (non-hydrogen) atoms. The Morgan fingerprint density at radius 1 is 1.10 bits per heavy atom. The summed E-state index contributed by atoms with van der Waals surface area (Å²) >= 11 is 12.8. The molecule has 2 aromatic carbocycles. The number of rotatable bonds is 4. The van der Waals surface area contributed by atoms with E-state index in [0.29, 0.717) is 21.5 Å². The lowest BCUT2D eigenvalue weighted by Crippen LogP contribution is -2.01. The van der Waals surface area contributed by atoms with Crippen LogP contribution in [0.1, 0.15) is 16.0 Å². The van der Waals surface area contributed by atoms with Gasteiger partial charge in [0.25, 0.3) is 0 Å². The first kappa shape index (κ1) is 16.6. The minimum atomic E-state index is -0.449. The standard InChI is InChI=1S/C15H12Br2ClFO2/c1-20-11-7-6-9(15(21-2)13(11)17)12(16)8-4-3-5-10(18)14(8)19/h3-7,12H,1-2H3. The van der Waals surface area contributed by atoms with Crippen molar-refractivity contribution in [1.82, 2.24) is 0 Å². The summed E-state index contributed by atoms with van der Waals surface area (Å²) in [5.41, 5.74) is 1.21. The van der Waals surface area contributed by atoms with Crippen LogP contribution in [0.25, 0.3) is 0 Å². The van der Waals surface area contributed by atoms with E-state index in [0.717, 1.165) is 5.56 Å². The van der Waals surface area contributed by atoms with Gasteiger partial charge in [0.1, 0.15) is 21.8 Å². The zero-order chi connectivity index (χ0) is 15.6. The SMILES string of the molecule is COc1ccc(C(Br)c2cccc(Cl)c2F)c(OC)c1Br. The first-order valence-corrected chi connectivity index (χ1v) is 8.08. The molecule has 0 saturated heterocycles. The summed E-state index contributed by atoms with van der Waals surface area (Å²) in [4.78, 5) is -0.395. The Morgan fingerprint density at radius 3 is 2.43 bits per heavy atom. The van der Waals surface area contributed by atoms with E-state index in [1.165, 1.54) is 6.07 Å². The van der Waals surface area contributed by atoms with Crippen LogP contribution in [0.15, 0.2) is 34.8 Å². The van der Waals surface area contributed by atoms with Crippen molar-refractivity contribution in [2.45, 2.75) is 4.83 Å². The molecular weight excluding hydrogens is 426 g/mol. The zero-order valence-corrected chi connectivity index (χ0v) is 15.2. The van der Waals surface area contributed by atoms with Crippen LogP contribution in [-0.4, -0.2) is 14.2 Å². The summed E-state index contributed by atoms with van der Waals surface area (Å²) in [6.07, 6.45) is 0. The second-order valence-corrected chi connectivity index (χ2v) is 6.33. The van der Waals surface area contributed by atoms with Gasteiger partial charge in [0.15, 0.2) is 0 Å². The summed E-state index contributed by atoms with van der Waals surface area (Å²) in [5.74, 6) is 0.771. The highest BCUT2D eigenvalue weighted by Gasteiger charge is 2.23. The maximum absolute atomic E-state index is 14.2. The molecule has 0 radical (unpaired) electrons. The van der Waals surface area contributed by atoms with E-state index in [1.807, 2.05) is 6.07 Å². The molecule has 0 heterocycles. The lowest BCUT2D eigenvalue weighted by molar-refractivity contribution is 0.386. The van der Waals surface area contributed by atoms with Crippen molar-refractivity contribution in [1.29, 1.82) is 0 Å². The Labute approximate surface area is 144 Å². The average molecular weight is 439 g/mol. The summed E-state index contributed by atoms with van der Waals surface area (Å²) in [6.45, 7) is 0. The number of methoxy groups -OCH3 is 2. The fourth-order valence-corrected chi connectivity index (χ4v) is 3.58. The Balaban J connectivity index is 2.56. The van der Waals surface area contributed by atoms with Gasteiger partial charge in [0.05, 0.1) is 24.1 Å². The first-order valence-electron chi connectivity index (χ1n) is 5.99. The van der Waals surface area contributed by atoms with Gasteiger partial charge in [-0.1, -0.05) is 45.7 Å². The summed E-state index contributed by atoms with van der Waals surface area (Å²) in [6, 6.07) is 8.51. The van der Waals surface area contributed by atoms with Crippen molar-refractivity contribution in [3.8, 4) is 11.5 Å². The fourth-order valence-electron chi connectivity index (χ4n) is 2.00. The third-order valence-electron chi connectivity index (χ3n) is 3.04. The molecule has 1 unspecified atom stereocenters. The molecule has 6 heteroatoms. The molecule has 112 valence electrons. The van der Waals surface area contributed by atoms with Gasteiger partial charge in [0, 0.05) is 11.1 Å². The largest absolute Gasteiger partial charge is 0.495 e. The number of benzene rings is 2. The van der Waals surface area contributed by atoms with Crippen molar-refractivity contribution in [3.05, 3.63) is 56.8 Å². The molecule has 0 fully saturated rings. The predicted molar refractivity (Wildman–Crippen MR) is 89.4 cm³/mol. The molecule has 2 aromatic rings. The number of alkyl halides is 1. The van der Waals surface area contributed by atoms with E-state index in [1.54, 1.807) is 32.4 Å². The van der Waals surface area contributed by atoms with E-state index >= 15 is 0 Å². The summed E-state index contributed by atoms with van der Waals surface area (Å²) < 4.78 is 25.5. The van der Waals surface area contributed by atoms with Gasteiger partial charge in [-0.15, -0.1) is 0 Å². The molecule has 2 rings (SSSR count). The maximum Gasteiger partial charge on any atom is 0.146 e. The van der Waals surface area contributed by atoms with Crippen LogP contribution in [0.5, 0.6) is 11.5 Å². The molecule has 0 bridgehead atoms. The van der Waals surface area contributed by atoms with Crippen LogP contribution in [0.2, 0.25) is 5.02 Å². The van der Waals surface area contributed by atoms with Crippen LogP contribution in [0.3, 0.4) is 0 Å². The third kappa shape index (κ3) is 3.20. The highest BCUT2D eigenvalue weighted by atomic mass is 79.9. The molecule has 0 saturated carbocycles. The second-order valence-electron chi connectivity index (χ2n) is 4.21. The van der Waals surface area contributed by atoms with Crippen molar-refractivity contribution in [2.24, 2.45) is 0 Å². The molecule has 0 aliphatic heterocycles. The highest BCUT2D eigenvalue weighted by molar-refractivity contribution is 9.10. The van der Waals surface area contributed by atoms with Gasteiger partial charge >= 0.3 is 0 Å².